The predicted octanol–water partition coefficient (Wildman–Crippen LogP) is 1.38. The normalized spacial score (nSPS) is 16.4. The molecule has 0 unspecified atom stereocenters. The van der Waals surface area contributed by atoms with Crippen molar-refractivity contribution in [3.63, 3.8) is 0 Å². The van der Waals surface area contributed by atoms with Crippen LogP contribution in [0.25, 0.3) is 11.0 Å². The van der Waals surface area contributed by atoms with Gasteiger partial charge in [-0.3, -0.25) is 4.90 Å². The number of hydrogen-bond donors (Lipinski definition) is 1. The molecule has 1 aromatic carbocycles. The van der Waals surface area contributed by atoms with Crippen molar-refractivity contribution in [2.45, 2.75) is 13.5 Å². The first-order valence-corrected chi connectivity index (χ1v) is 7.15. The Bertz CT molecular complexity index is 659. The van der Waals surface area contributed by atoms with Gasteiger partial charge in [0.25, 0.3) is 0 Å². The Morgan fingerprint density at radius 2 is 2.10 bits per heavy atom. The summed E-state index contributed by atoms with van der Waals surface area (Å²) in [4.78, 5) is 17.9. The summed E-state index contributed by atoms with van der Waals surface area (Å²) in [5.41, 5.74) is 2.01. The van der Waals surface area contributed by atoms with Gasteiger partial charge in [-0.15, -0.1) is 0 Å². The van der Waals surface area contributed by atoms with Gasteiger partial charge in [-0.2, -0.15) is 0 Å². The number of fused-ring (bicyclic) bond motifs is 1. The number of imidazole rings is 1. The van der Waals surface area contributed by atoms with E-state index in [-0.39, 0.29) is 5.56 Å². The van der Waals surface area contributed by atoms with Crippen LogP contribution in [0, 0.1) is 6.92 Å². The van der Waals surface area contributed by atoms with E-state index in [1.165, 1.54) is 0 Å². The van der Waals surface area contributed by atoms with Crippen LogP contribution in [0.5, 0.6) is 0 Å². The SMILES string of the molecule is Cc1nc2cc(C(=O)O)ccc2n1CCN1CCOCC1. The molecule has 21 heavy (non-hydrogen) atoms. The molecule has 0 bridgehead atoms. The van der Waals surface area contributed by atoms with Gasteiger partial charge in [-0.1, -0.05) is 0 Å². The van der Waals surface area contributed by atoms with Crippen molar-refractivity contribution in [1.29, 1.82) is 0 Å². The van der Waals surface area contributed by atoms with Gasteiger partial charge in [0.2, 0.25) is 0 Å². The molecule has 1 aliphatic heterocycles. The number of aryl methyl sites for hydroxylation is 1. The zero-order valence-corrected chi connectivity index (χ0v) is 12.1. The Hall–Kier alpha value is -1.92. The van der Waals surface area contributed by atoms with Gasteiger partial charge in [0.1, 0.15) is 5.82 Å². The minimum atomic E-state index is -0.919. The number of rotatable bonds is 4. The van der Waals surface area contributed by atoms with Gasteiger partial charge in [0, 0.05) is 26.2 Å². The standard InChI is InChI=1S/C15H19N3O3/c1-11-16-13-10-12(15(19)20)2-3-14(13)18(11)5-4-17-6-8-21-9-7-17/h2-3,10H,4-9H2,1H3,(H,19,20). The molecule has 1 saturated heterocycles. The first-order valence-electron chi connectivity index (χ1n) is 7.15. The van der Waals surface area contributed by atoms with Crippen molar-refractivity contribution < 1.29 is 14.6 Å². The number of nitrogens with zero attached hydrogens (tertiary/aromatic N) is 3. The van der Waals surface area contributed by atoms with Gasteiger partial charge >= 0.3 is 5.97 Å². The van der Waals surface area contributed by atoms with Gasteiger partial charge < -0.3 is 14.4 Å². The second kappa shape index (κ2) is 5.83. The van der Waals surface area contributed by atoms with E-state index in [9.17, 15) is 4.79 Å². The largest absolute Gasteiger partial charge is 0.478 e. The van der Waals surface area contributed by atoms with Crippen molar-refractivity contribution in [1.82, 2.24) is 14.5 Å². The summed E-state index contributed by atoms with van der Waals surface area (Å²) in [5, 5.41) is 9.04. The lowest BCUT2D eigenvalue weighted by Crippen LogP contribution is -2.38. The van der Waals surface area contributed by atoms with Crippen LogP contribution in [0.15, 0.2) is 18.2 Å². The molecule has 1 N–H and O–H groups in total. The predicted molar refractivity (Wildman–Crippen MR) is 78.7 cm³/mol. The van der Waals surface area contributed by atoms with Crippen LogP contribution in [0.3, 0.4) is 0 Å². The maximum atomic E-state index is 11.0. The number of morpholine rings is 1. The number of benzene rings is 1. The van der Waals surface area contributed by atoms with Crippen LogP contribution >= 0.6 is 0 Å². The highest BCUT2D eigenvalue weighted by Gasteiger charge is 2.13. The van der Waals surface area contributed by atoms with E-state index in [1.807, 2.05) is 13.0 Å². The first-order chi connectivity index (χ1) is 10.1. The number of aromatic carboxylic acids is 1. The molecule has 6 heteroatoms. The molecule has 0 saturated carbocycles. The molecule has 0 radical (unpaired) electrons. The van der Waals surface area contributed by atoms with E-state index < -0.39 is 5.97 Å². The molecular formula is C15H19N3O3. The zero-order valence-electron chi connectivity index (χ0n) is 12.1. The highest BCUT2D eigenvalue weighted by molar-refractivity contribution is 5.92. The van der Waals surface area contributed by atoms with E-state index in [0.717, 1.165) is 56.3 Å². The Morgan fingerprint density at radius 1 is 1.33 bits per heavy atom. The molecule has 2 heterocycles. The third-order valence-electron chi connectivity index (χ3n) is 3.93. The van der Waals surface area contributed by atoms with Gasteiger partial charge in [-0.05, 0) is 25.1 Å². The van der Waals surface area contributed by atoms with E-state index in [4.69, 9.17) is 9.84 Å². The lowest BCUT2D eigenvalue weighted by molar-refractivity contribution is 0.0364. The summed E-state index contributed by atoms with van der Waals surface area (Å²) in [6.45, 7) is 7.30. The Kier molecular flexibility index (Phi) is 3.90. The topological polar surface area (TPSA) is 67.6 Å². The molecule has 0 aliphatic carbocycles. The molecular weight excluding hydrogens is 270 g/mol. The number of aromatic nitrogens is 2. The summed E-state index contributed by atoms with van der Waals surface area (Å²) < 4.78 is 7.50. The van der Waals surface area contributed by atoms with Crippen molar-refractivity contribution in [3.05, 3.63) is 29.6 Å². The van der Waals surface area contributed by atoms with Crippen molar-refractivity contribution in [2.24, 2.45) is 0 Å². The van der Waals surface area contributed by atoms with Gasteiger partial charge in [0.15, 0.2) is 0 Å². The highest BCUT2D eigenvalue weighted by Crippen LogP contribution is 2.18. The van der Waals surface area contributed by atoms with E-state index in [0.29, 0.717) is 0 Å². The van der Waals surface area contributed by atoms with Crippen LogP contribution < -0.4 is 0 Å². The molecule has 1 aliphatic rings. The fourth-order valence-corrected chi connectivity index (χ4v) is 2.73. The smallest absolute Gasteiger partial charge is 0.335 e. The Labute approximate surface area is 122 Å². The lowest BCUT2D eigenvalue weighted by Gasteiger charge is -2.26. The molecule has 0 spiro atoms. The first kappa shape index (κ1) is 14.0. The van der Waals surface area contributed by atoms with E-state index >= 15 is 0 Å². The number of carboxylic acids is 1. The van der Waals surface area contributed by atoms with Crippen LogP contribution in [0.2, 0.25) is 0 Å². The third-order valence-corrected chi connectivity index (χ3v) is 3.93. The average Bonchev–Trinajstić information content (AvgIpc) is 2.80. The second-order valence-corrected chi connectivity index (χ2v) is 5.27. The highest BCUT2D eigenvalue weighted by atomic mass is 16.5. The third kappa shape index (κ3) is 2.91. The summed E-state index contributed by atoms with van der Waals surface area (Å²) in [7, 11) is 0. The number of ether oxygens (including phenoxy) is 1. The van der Waals surface area contributed by atoms with E-state index in [2.05, 4.69) is 14.5 Å². The summed E-state index contributed by atoms with van der Waals surface area (Å²) >= 11 is 0. The molecule has 1 aromatic heterocycles. The summed E-state index contributed by atoms with van der Waals surface area (Å²) in [5.74, 6) is -0.00165. The molecule has 0 amide bonds. The van der Waals surface area contributed by atoms with Crippen molar-refractivity contribution in [3.8, 4) is 0 Å². The van der Waals surface area contributed by atoms with Crippen LogP contribution in [-0.2, 0) is 11.3 Å². The molecule has 1 fully saturated rings. The van der Waals surface area contributed by atoms with Crippen molar-refractivity contribution in [2.75, 3.05) is 32.8 Å². The zero-order chi connectivity index (χ0) is 14.8. The monoisotopic (exact) mass is 289 g/mol. The molecule has 0 atom stereocenters. The number of carboxylic acid groups (broad SMARTS) is 1. The lowest BCUT2D eigenvalue weighted by atomic mass is 10.2. The van der Waals surface area contributed by atoms with Crippen LogP contribution in [0.1, 0.15) is 16.2 Å². The number of hydrogen-bond acceptors (Lipinski definition) is 4. The maximum Gasteiger partial charge on any atom is 0.335 e. The van der Waals surface area contributed by atoms with Gasteiger partial charge in [-0.25, -0.2) is 9.78 Å². The number of carbonyl (C=O) groups is 1. The summed E-state index contributed by atoms with van der Waals surface area (Å²) in [6, 6.07) is 5.12. The maximum absolute atomic E-state index is 11.0. The van der Waals surface area contributed by atoms with E-state index in [1.54, 1.807) is 12.1 Å². The average molecular weight is 289 g/mol. The fourth-order valence-electron chi connectivity index (χ4n) is 2.73. The molecule has 2 aromatic rings. The van der Waals surface area contributed by atoms with Gasteiger partial charge in [0.05, 0.1) is 29.8 Å². The summed E-state index contributed by atoms with van der Waals surface area (Å²) in [6.07, 6.45) is 0. The minimum absolute atomic E-state index is 0.278. The fraction of sp³-hybridized carbons (Fsp3) is 0.467. The minimum Gasteiger partial charge on any atom is -0.478 e. The Morgan fingerprint density at radius 3 is 2.81 bits per heavy atom. The van der Waals surface area contributed by atoms with Crippen molar-refractivity contribution >= 4 is 17.0 Å². The molecule has 112 valence electrons. The Balaban J connectivity index is 1.81. The molecule has 6 nitrogen and oxygen atoms in total. The second-order valence-electron chi connectivity index (χ2n) is 5.27. The van der Waals surface area contributed by atoms with Crippen LogP contribution in [-0.4, -0.2) is 58.4 Å². The quantitative estimate of drug-likeness (QED) is 0.921. The molecule has 3 rings (SSSR count). The van der Waals surface area contributed by atoms with Crippen LogP contribution in [0.4, 0.5) is 0 Å².